The lowest BCUT2D eigenvalue weighted by molar-refractivity contribution is -0.107. The molecule has 0 unspecified atom stereocenters. The molecule has 2 aliphatic rings. The molecule has 0 fully saturated rings. The van der Waals surface area contributed by atoms with E-state index in [9.17, 15) is 4.79 Å². The highest BCUT2D eigenvalue weighted by atomic mass is 16.6. The predicted octanol–water partition coefficient (Wildman–Crippen LogP) is 4.27. The number of hydrogen-bond acceptors (Lipinski definition) is 5. The Kier molecular flexibility index (Phi) is 5.66. The molecule has 0 amide bonds. The maximum atomic E-state index is 10.9. The van der Waals surface area contributed by atoms with E-state index in [4.69, 9.17) is 10.7 Å². The molecule has 0 bridgehead atoms. The molecule has 28 heavy (non-hydrogen) atoms. The van der Waals surface area contributed by atoms with Crippen molar-refractivity contribution < 1.29 is 9.63 Å². The summed E-state index contributed by atoms with van der Waals surface area (Å²) in [6.45, 7) is 13.4. The number of hydrogen-bond donors (Lipinski definition) is 1. The van der Waals surface area contributed by atoms with E-state index >= 15 is 0 Å². The number of aryl methyl sites for hydroxylation is 2. The molecule has 0 radical (unpaired) electrons. The molecule has 5 nitrogen and oxygen atoms in total. The standard InChI is InChI=1S/C23H29N3O2/c1-14-10-17(11-15(2)19(14)7-9-27)16(3)26-22(28-24)21-20-6-8-23(4,5)12-18(20)13-25-21/h9-11H,3,6-8,12-13,24H2,1-2,4-5H3/b26-22-. The first-order chi connectivity index (χ1) is 13.3. The summed E-state index contributed by atoms with van der Waals surface area (Å²) in [7, 11) is 0. The van der Waals surface area contributed by atoms with Crippen molar-refractivity contribution in [3.05, 3.63) is 52.1 Å². The second-order valence-electron chi connectivity index (χ2n) is 8.53. The average Bonchev–Trinajstić information content (AvgIpc) is 3.03. The van der Waals surface area contributed by atoms with Crippen molar-refractivity contribution in [3.8, 4) is 0 Å². The van der Waals surface area contributed by atoms with Crippen LogP contribution in [0.1, 0.15) is 55.4 Å². The summed E-state index contributed by atoms with van der Waals surface area (Å²) in [4.78, 5) is 25.3. The van der Waals surface area contributed by atoms with Gasteiger partial charge in [-0.1, -0.05) is 20.4 Å². The zero-order valence-corrected chi connectivity index (χ0v) is 17.3. The van der Waals surface area contributed by atoms with Crippen LogP contribution in [0.4, 0.5) is 0 Å². The molecule has 1 aromatic carbocycles. The van der Waals surface area contributed by atoms with Gasteiger partial charge in [-0.15, -0.1) is 0 Å². The molecule has 148 valence electrons. The Labute approximate surface area is 167 Å². The SMILES string of the molecule is C=C(/N=C(\ON)C1=NCC2=C1CCC(C)(C)C2)c1cc(C)c(CC=O)c(C)c1. The van der Waals surface area contributed by atoms with Crippen LogP contribution >= 0.6 is 0 Å². The van der Waals surface area contributed by atoms with E-state index in [1.165, 1.54) is 11.1 Å². The van der Waals surface area contributed by atoms with Gasteiger partial charge in [0.05, 0.1) is 12.2 Å². The van der Waals surface area contributed by atoms with E-state index in [0.717, 1.165) is 53.5 Å². The third-order valence-corrected chi connectivity index (χ3v) is 5.75. The quantitative estimate of drug-likeness (QED) is 0.359. The zero-order chi connectivity index (χ0) is 20.5. The molecule has 0 atom stereocenters. The maximum Gasteiger partial charge on any atom is 0.263 e. The summed E-state index contributed by atoms with van der Waals surface area (Å²) >= 11 is 0. The molecule has 2 N–H and O–H groups in total. The van der Waals surface area contributed by atoms with Crippen molar-refractivity contribution >= 4 is 23.6 Å². The Morgan fingerprint density at radius 1 is 1.36 bits per heavy atom. The monoisotopic (exact) mass is 379 g/mol. The summed E-state index contributed by atoms with van der Waals surface area (Å²) in [6.07, 6.45) is 4.46. The van der Waals surface area contributed by atoms with Crippen LogP contribution in [0.15, 0.2) is 39.8 Å². The maximum absolute atomic E-state index is 10.9. The normalized spacial score (nSPS) is 18.6. The Hall–Kier alpha value is -2.53. The Morgan fingerprint density at radius 2 is 2.04 bits per heavy atom. The molecule has 5 heteroatoms. The lowest BCUT2D eigenvalue weighted by atomic mass is 9.74. The van der Waals surface area contributed by atoms with Crippen LogP contribution in [0.25, 0.3) is 5.70 Å². The molecule has 0 spiro atoms. The summed E-state index contributed by atoms with van der Waals surface area (Å²) in [5.41, 5.74) is 8.26. The smallest absolute Gasteiger partial charge is 0.263 e. The summed E-state index contributed by atoms with van der Waals surface area (Å²) < 4.78 is 0. The van der Waals surface area contributed by atoms with Crippen molar-refractivity contribution in [1.29, 1.82) is 0 Å². The first-order valence-corrected chi connectivity index (χ1v) is 9.70. The number of nitrogens with two attached hydrogens (primary N) is 1. The van der Waals surface area contributed by atoms with E-state index in [1.807, 2.05) is 26.0 Å². The molecule has 1 aromatic rings. The van der Waals surface area contributed by atoms with Gasteiger partial charge < -0.3 is 9.63 Å². The van der Waals surface area contributed by atoms with E-state index in [1.54, 1.807) is 0 Å². The minimum Gasteiger partial charge on any atom is -0.389 e. The summed E-state index contributed by atoms with van der Waals surface area (Å²) in [5.74, 6) is 5.88. The average molecular weight is 380 g/mol. The van der Waals surface area contributed by atoms with Crippen LogP contribution in [-0.4, -0.2) is 24.4 Å². The van der Waals surface area contributed by atoms with Gasteiger partial charge in [-0.2, -0.15) is 5.90 Å². The fraction of sp³-hybridized carbons (Fsp3) is 0.435. The molecular formula is C23H29N3O2. The van der Waals surface area contributed by atoms with Crippen molar-refractivity contribution in [2.45, 2.75) is 53.4 Å². The second-order valence-corrected chi connectivity index (χ2v) is 8.53. The molecule has 0 aromatic heterocycles. The number of aldehydes is 1. The fourth-order valence-corrected chi connectivity index (χ4v) is 4.20. The van der Waals surface area contributed by atoms with E-state index in [2.05, 4.69) is 30.4 Å². The highest BCUT2D eigenvalue weighted by molar-refractivity contribution is 6.46. The number of aliphatic imine (C=N–C) groups is 2. The molecule has 1 heterocycles. The topological polar surface area (TPSA) is 77.0 Å². The fourth-order valence-electron chi connectivity index (χ4n) is 4.20. The van der Waals surface area contributed by atoms with Crippen LogP contribution in [0.2, 0.25) is 0 Å². The van der Waals surface area contributed by atoms with E-state index < -0.39 is 0 Å². The molecule has 0 saturated heterocycles. The highest BCUT2D eigenvalue weighted by Crippen LogP contribution is 2.41. The van der Waals surface area contributed by atoms with Crippen molar-refractivity contribution in [1.82, 2.24) is 0 Å². The van der Waals surface area contributed by atoms with Crippen LogP contribution in [-0.2, 0) is 16.1 Å². The number of rotatable bonds is 5. The van der Waals surface area contributed by atoms with Gasteiger partial charge in [0.1, 0.15) is 12.0 Å². The molecular weight excluding hydrogens is 350 g/mol. The van der Waals surface area contributed by atoms with Crippen LogP contribution in [0, 0.1) is 19.3 Å². The Morgan fingerprint density at radius 3 is 2.64 bits per heavy atom. The van der Waals surface area contributed by atoms with Crippen molar-refractivity contribution in [2.75, 3.05) is 6.54 Å². The van der Waals surface area contributed by atoms with Gasteiger partial charge in [-0.3, -0.25) is 4.99 Å². The molecule has 0 saturated carbocycles. The van der Waals surface area contributed by atoms with Gasteiger partial charge in [-0.05, 0) is 78.5 Å². The van der Waals surface area contributed by atoms with Gasteiger partial charge in [0.2, 0.25) is 0 Å². The number of nitrogens with zero attached hydrogens (tertiary/aromatic N) is 2. The second kappa shape index (κ2) is 7.84. The van der Waals surface area contributed by atoms with Gasteiger partial charge in [0, 0.05) is 12.0 Å². The molecule has 1 aliphatic heterocycles. The van der Waals surface area contributed by atoms with Gasteiger partial charge in [-0.25, -0.2) is 4.99 Å². The Bertz CT molecular complexity index is 897. The van der Waals surface area contributed by atoms with Gasteiger partial charge in [0.25, 0.3) is 5.90 Å². The number of carbonyl (C=O) groups is 1. The molecule has 3 rings (SSSR count). The zero-order valence-electron chi connectivity index (χ0n) is 17.3. The summed E-state index contributed by atoms with van der Waals surface area (Å²) in [5, 5.41) is 0. The van der Waals surface area contributed by atoms with E-state index in [0.29, 0.717) is 30.0 Å². The Balaban J connectivity index is 1.89. The first-order valence-electron chi connectivity index (χ1n) is 9.70. The minimum absolute atomic E-state index is 0.312. The largest absolute Gasteiger partial charge is 0.389 e. The van der Waals surface area contributed by atoms with Gasteiger partial charge in [0.15, 0.2) is 0 Å². The third kappa shape index (κ3) is 3.99. The number of benzene rings is 1. The van der Waals surface area contributed by atoms with E-state index in [-0.39, 0.29) is 0 Å². The minimum atomic E-state index is 0.312. The summed E-state index contributed by atoms with van der Waals surface area (Å²) in [6, 6.07) is 3.99. The predicted molar refractivity (Wildman–Crippen MR) is 114 cm³/mol. The van der Waals surface area contributed by atoms with Crippen molar-refractivity contribution in [3.63, 3.8) is 0 Å². The third-order valence-electron chi connectivity index (χ3n) is 5.75. The van der Waals surface area contributed by atoms with Crippen LogP contribution in [0.5, 0.6) is 0 Å². The molecule has 1 aliphatic carbocycles. The lowest BCUT2D eigenvalue weighted by Gasteiger charge is -2.30. The van der Waals surface area contributed by atoms with Crippen LogP contribution < -0.4 is 5.90 Å². The lowest BCUT2D eigenvalue weighted by Crippen LogP contribution is -2.25. The highest BCUT2D eigenvalue weighted by Gasteiger charge is 2.33. The van der Waals surface area contributed by atoms with Crippen molar-refractivity contribution in [2.24, 2.45) is 21.3 Å². The van der Waals surface area contributed by atoms with Gasteiger partial charge >= 0.3 is 0 Å². The number of carbonyl (C=O) groups excluding carboxylic acids is 1. The van der Waals surface area contributed by atoms with Crippen LogP contribution in [0.3, 0.4) is 0 Å². The first kappa shape index (κ1) is 20.2.